The van der Waals surface area contributed by atoms with Crippen molar-refractivity contribution in [3.63, 3.8) is 0 Å². The van der Waals surface area contributed by atoms with Gasteiger partial charge in [-0.2, -0.15) is 0 Å². The fraction of sp³-hybridized carbons (Fsp3) is 0.368. The molecule has 0 bridgehead atoms. The summed E-state index contributed by atoms with van der Waals surface area (Å²) in [4.78, 5) is 25.6. The van der Waals surface area contributed by atoms with E-state index in [-0.39, 0.29) is 5.91 Å². The number of rotatable bonds is 5. The number of primary amides is 1. The Morgan fingerprint density at radius 2 is 2.04 bits per heavy atom. The standard InChI is InChI=1S/C19H22N2O2S/c1-2-6-12-9-10-14-15(11-12)24-19(16(14)17(20)22)21-18(23)13-7-4-3-5-8-13/h3-5,7-8,12H,2,6,9-11H2,1H3,(H2,20,22)(H,21,23). The molecule has 1 aliphatic carbocycles. The molecule has 0 radical (unpaired) electrons. The molecule has 0 spiro atoms. The van der Waals surface area contributed by atoms with Gasteiger partial charge in [0.1, 0.15) is 5.00 Å². The van der Waals surface area contributed by atoms with Gasteiger partial charge in [0.15, 0.2) is 0 Å². The third-order valence-corrected chi connectivity index (χ3v) is 5.74. The number of carbonyl (C=O) groups excluding carboxylic acids is 2. The van der Waals surface area contributed by atoms with Crippen molar-refractivity contribution in [3.8, 4) is 0 Å². The molecule has 1 aromatic heterocycles. The van der Waals surface area contributed by atoms with Gasteiger partial charge in [-0.1, -0.05) is 38.0 Å². The number of amides is 2. The van der Waals surface area contributed by atoms with Crippen LogP contribution in [-0.2, 0) is 12.8 Å². The largest absolute Gasteiger partial charge is 0.365 e. The molecule has 4 nitrogen and oxygen atoms in total. The van der Waals surface area contributed by atoms with Crippen LogP contribution in [0.15, 0.2) is 30.3 Å². The minimum atomic E-state index is -0.454. The van der Waals surface area contributed by atoms with Crippen molar-refractivity contribution in [1.29, 1.82) is 0 Å². The number of hydrogen-bond acceptors (Lipinski definition) is 3. The molecule has 0 saturated carbocycles. The molecule has 2 amide bonds. The van der Waals surface area contributed by atoms with Crippen LogP contribution in [0.1, 0.15) is 57.3 Å². The number of nitrogens with one attached hydrogen (secondary N) is 1. The Bertz CT molecular complexity index is 752. The van der Waals surface area contributed by atoms with E-state index in [0.717, 1.165) is 24.8 Å². The van der Waals surface area contributed by atoms with Gasteiger partial charge in [-0.25, -0.2) is 0 Å². The average Bonchev–Trinajstić information content (AvgIpc) is 2.93. The molecule has 1 heterocycles. The van der Waals surface area contributed by atoms with Crippen molar-refractivity contribution < 1.29 is 9.59 Å². The van der Waals surface area contributed by atoms with Crippen molar-refractivity contribution >= 4 is 28.2 Å². The lowest BCUT2D eigenvalue weighted by Gasteiger charge is -2.21. The Balaban J connectivity index is 1.88. The van der Waals surface area contributed by atoms with Gasteiger partial charge in [0.2, 0.25) is 0 Å². The van der Waals surface area contributed by atoms with E-state index in [1.807, 2.05) is 18.2 Å². The number of thiophene rings is 1. The zero-order valence-corrected chi connectivity index (χ0v) is 14.6. The lowest BCUT2D eigenvalue weighted by atomic mass is 9.84. The second-order valence-corrected chi connectivity index (χ2v) is 7.39. The zero-order chi connectivity index (χ0) is 17.1. The molecular weight excluding hydrogens is 320 g/mol. The van der Waals surface area contributed by atoms with Crippen LogP contribution in [0.5, 0.6) is 0 Å². The highest BCUT2D eigenvalue weighted by atomic mass is 32.1. The highest BCUT2D eigenvalue weighted by molar-refractivity contribution is 7.17. The number of carbonyl (C=O) groups is 2. The van der Waals surface area contributed by atoms with Crippen LogP contribution in [0, 0.1) is 5.92 Å². The first-order chi connectivity index (χ1) is 11.6. The van der Waals surface area contributed by atoms with Crippen LogP contribution in [-0.4, -0.2) is 11.8 Å². The first kappa shape index (κ1) is 16.7. The highest BCUT2D eigenvalue weighted by Gasteiger charge is 2.28. The van der Waals surface area contributed by atoms with E-state index in [1.54, 1.807) is 12.1 Å². The summed E-state index contributed by atoms with van der Waals surface area (Å²) < 4.78 is 0. The van der Waals surface area contributed by atoms with Gasteiger partial charge in [0, 0.05) is 10.4 Å². The van der Waals surface area contributed by atoms with Gasteiger partial charge in [0.05, 0.1) is 5.56 Å². The molecule has 1 aromatic carbocycles. The van der Waals surface area contributed by atoms with Gasteiger partial charge < -0.3 is 11.1 Å². The lowest BCUT2D eigenvalue weighted by molar-refractivity contribution is 0.1000. The number of hydrogen-bond donors (Lipinski definition) is 2. The topological polar surface area (TPSA) is 72.2 Å². The molecule has 2 aromatic rings. The molecule has 3 N–H and O–H groups in total. The van der Waals surface area contributed by atoms with Crippen LogP contribution < -0.4 is 11.1 Å². The maximum atomic E-state index is 12.4. The maximum absolute atomic E-state index is 12.4. The van der Waals surface area contributed by atoms with E-state index in [4.69, 9.17) is 5.73 Å². The van der Waals surface area contributed by atoms with Crippen LogP contribution in [0.2, 0.25) is 0 Å². The SMILES string of the molecule is CCCC1CCc2c(sc(NC(=O)c3ccccc3)c2C(N)=O)C1. The number of benzene rings is 1. The van der Waals surface area contributed by atoms with Crippen LogP contribution in [0.4, 0.5) is 5.00 Å². The quantitative estimate of drug-likeness (QED) is 0.862. The first-order valence-electron chi connectivity index (χ1n) is 8.40. The molecule has 0 fully saturated rings. The Morgan fingerprint density at radius 1 is 1.29 bits per heavy atom. The maximum Gasteiger partial charge on any atom is 0.256 e. The van der Waals surface area contributed by atoms with E-state index in [0.29, 0.717) is 22.0 Å². The summed E-state index contributed by atoms with van der Waals surface area (Å²) in [6.07, 6.45) is 5.32. The summed E-state index contributed by atoms with van der Waals surface area (Å²) >= 11 is 1.51. The molecule has 24 heavy (non-hydrogen) atoms. The molecular formula is C19H22N2O2S. The molecule has 0 aliphatic heterocycles. The Labute approximate surface area is 146 Å². The lowest BCUT2D eigenvalue weighted by Crippen LogP contribution is -2.19. The summed E-state index contributed by atoms with van der Waals surface area (Å²) in [5, 5.41) is 3.49. The van der Waals surface area contributed by atoms with Crippen molar-refractivity contribution in [2.45, 2.75) is 39.0 Å². The van der Waals surface area contributed by atoms with Crippen molar-refractivity contribution in [3.05, 3.63) is 51.9 Å². The number of fused-ring (bicyclic) bond motifs is 1. The van der Waals surface area contributed by atoms with E-state index >= 15 is 0 Å². The van der Waals surface area contributed by atoms with E-state index in [9.17, 15) is 9.59 Å². The van der Waals surface area contributed by atoms with Crippen molar-refractivity contribution in [1.82, 2.24) is 0 Å². The monoisotopic (exact) mass is 342 g/mol. The smallest absolute Gasteiger partial charge is 0.256 e. The number of nitrogens with two attached hydrogens (primary N) is 1. The molecule has 0 saturated heterocycles. The van der Waals surface area contributed by atoms with Gasteiger partial charge in [0.25, 0.3) is 11.8 Å². The van der Waals surface area contributed by atoms with Gasteiger partial charge in [-0.15, -0.1) is 11.3 Å². The van der Waals surface area contributed by atoms with E-state index in [1.165, 1.54) is 29.1 Å². The summed E-state index contributed by atoms with van der Waals surface area (Å²) in [5.41, 5.74) is 7.73. The van der Waals surface area contributed by atoms with Crippen LogP contribution in [0.3, 0.4) is 0 Å². The summed E-state index contributed by atoms with van der Waals surface area (Å²) in [6, 6.07) is 9.01. The predicted molar refractivity (Wildman–Crippen MR) is 97.7 cm³/mol. The van der Waals surface area contributed by atoms with Crippen molar-refractivity contribution in [2.75, 3.05) is 5.32 Å². The first-order valence-corrected chi connectivity index (χ1v) is 9.22. The minimum absolute atomic E-state index is 0.207. The molecule has 1 aliphatic rings. The average molecular weight is 342 g/mol. The summed E-state index contributed by atoms with van der Waals surface area (Å²) in [5.74, 6) is 0.00570. The van der Waals surface area contributed by atoms with Gasteiger partial charge in [-0.05, 0) is 42.9 Å². The third kappa shape index (κ3) is 3.36. The minimum Gasteiger partial charge on any atom is -0.365 e. The van der Waals surface area contributed by atoms with Gasteiger partial charge >= 0.3 is 0 Å². The highest BCUT2D eigenvalue weighted by Crippen LogP contribution is 2.40. The van der Waals surface area contributed by atoms with E-state index < -0.39 is 5.91 Å². The van der Waals surface area contributed by atoms with Crippen LogP contribution in [0.25, 0.3) is 0 Å². The zero-order valence-electron chi connectivity index (χ0n) is 13.8. The molecule has 5 heteroatoms. The molecule has 1 atom stereocenters. The normalized spacial score (nSPS) is 16.5. The fourth-order valence-electron chi connectivity index (χ4n) is 3.42. The molecule has 3 rings (SSSR count). The fourth-order valence-corrected chi connectivity index (χ4v) is 4.78. The van der Waals surface area contributed by atoms with E-state index in [2.05, 4.69) is 12.2 Å². The molecule has 1 unspecified atom stereocenters. The third-order valence-electron chi connectivity index (χ3n) is 4.57. The van der Waals surface area contributed by atoms with Crippen LogP contribution >= 0.6 is 11.3 Å². The predicted octanol–water partition coefficient (Wildman–Crippen LogP) is 4.00. The van der Waals surface area contributed by atoms with Crippen molar-refractivity contribution in [2.24, 2.45) is 11.7 Å². The Hall–Kier alpha value is -2.14. The second kappa shape index (κ2) is 7.18. The number of anilines is 1. The Kier molecular flexibility index (Phi) is 5.00. The second-order valence-electron chi connectivity index (χ2n) is 6.29. The summed E-state index contributed by atoms with van der Waals surface area (Å²) in [6.45, 7) is 2.20. The summed E-state index contributed by atoms with van der Waals surface area (Å²) in [7, 11) is 0. The Morgan fingerprint density at radius 3 is 2.71 bits per heavy atom. The van der Waals surface area contributed by atoms with Gasteiger partial charge in [-0.3, -0.25) is 9.59 Å². The molecule has 126 valence electrons.